The fraction of sp³-hybridized carbons (Fsp3) is 0.385. The van der Waals surface area contributed by atoms with Crippen LogP contribution in [0.5, 0.6) is 0 Å². The van der Waals surface area contributed by atoms with E-state index in [1.807, 2.05) is 0 Å². The van der Waals surface area contributed by atoms with Gasteiger partial charge >= 0.3 is 0 Å². The van der Waals surface area contributed by atoms with Gasteiger partial charge in [-0.05, 0) is 31.9 Å². The van der Waals surface area contributed by atoms with Crippen molar-refractivity contribution in [1.29, 1.82) is 0 Å². The van der Waals surface area contributed by atoms with Crippen molar-refractivity contribution in [1.82, 2.24) is 9.71 Å². The summed E-state index contributed by atoms with van der Waals surface area (Å²) in [4.78, 5) is 16.0. The van der Waals surface area contributed by atoms with Crippen LogP contribution in [0, 0.1) is 6.92 Å². The topological polar surface area (TPSA) is 101 Å². The Kier molecular flexibility index (Phi) is 3.79. The van der Waals surface area contributed by atoms with Crippen LogP contribution >= 0.6 is 11.3 Å². The van der Waals surface area contributed by atoms with Gasteiger partial charge in [-0.25, -0.2) is 18.1 Å². The van der Waals surface area contributed by atoms with Crippen LogP contribution in [0.25, 0.3) is 10.6 Å². The molecule has 1 aliphatic carbocycles. The molecule has 9 heteroatoms. The number of furan rings is 1. The van der Waals surface area contributed by atoms with E-state index in [2.05, 4.69) is 15.0 Å². The second-order valence-electron chi connectivity index (χ2n) is 5.13. The maximum absolute atomic E-state index is 12.1. The Morgan fingerprint density at radius 2 is 2.14 bits per heavy atom. The molecule has 1 fully saturated rings. The van der Waals surface area contributed by atoms with E-state index < -0.39 is 10.0 Å². The number of nitrogens with zero attached hydrogens (tertiary/aromatic N) is 1. The number of hydrogen-bond acceptors (Lipinski definition) is 6. The van der Waals surface area contributed by atoms with E-state index in [0.29, 0.717) is 21.5 Å². The Balaban J connectivity index is 1.87. The van der Waals surface area contributed by atoms with E-state index in [1.54, 1.807) is 13.0 Å². The van der Waals surface area contributed by atoms with Gasteiger partial charge in [-0.1, -0.05) is 11.3 Å². The van der Waals surface area contributed by atoms with Gasteiger partial charge in [0.25, 0.3) is 10.0 Å². The third-order valence-electron chi connectivity index (χ3n) is 3.05. The van der Waals surface area contributed by atoms with Crippen molar-refractivity contribution in [3.05, 3.63) is 17.8 Å². The highest BCUT2D eigenvalue weighted by molar-refractivity contribution is 7.89. The number of sulfonamides is 1. The Morgan fingerprint density at radius 3 is 2.77 bits per heavy atom. The highest BCUT2D eigenvalue weighted by atomic mass is 32.2. The molecule has 0 spiro atoms. The lowest BCUT2D eigenvalue weighted by Gasteiger charge is -2.01. The summed E-state index contributed by atoms with van der Waals surface area (Å²) < 4.78 is 32.2. The van der Waals surface area contributed by atoms with Gasteiger partial charge < -0.3 is 9.73 Å². The fourth-order valence-electron chi connectivity index (χ4n) is 1.89. The zero-order valence-corrected chi connectivity index (χ0v) is 13.7. The first-order valence-electron chi connectivity index (χ1n) is 6.73. The molecule has 0 aromatic carbocycles. The van der Waals surface area contributed by atoms with Crippen molar-refractivity contribution in [2.24, 2.45) is 0 Å². The number of nitrogens with one attached hydrogen (secondary N) is 2. The summed E-state index contributed by atoms with van der Waals surface area (Å²) in [5, 5.41) is 2.95. The summed E-state index contributed by atoms with van der Waals surface area (Å²) in [6, 6.07) is 3.05. The summed E-state index contributed by atoms with van der Waals surface area (Å²) in [7, 11) is -3.61. The Bertz CT molecular complexity index is 818. The van der Waals surface area contributed by atoms with E-state index in [4.69, 9.17) is 4.42 Å². The van der Waals surface area contributed by atoms with E-state index >= 15 is 0 Å². The number of aryl methyl sites for hydroxylation is 1. The molecule has 22 heavy (non-hydrogen) atoms. The van der Waals surface area contributed by atoms with Crippen LogP contribution in [0.4, 0.5) is 5.13 Å². The number of carbonyl (C=O) groups excluding carboxylic acids is 1. The summed E-state index contributed by atoms with van der Waals surface area (Å²) in [6.45, 7) is 3.17. The van der Waals surface area contributed by atoms with Gasteiger partial charge in [0.05, 0.1) is 10.6 Å². The van der Waals surface area contributed by atoms with E-state index in [9.17, 15) is 13.2 Å². The zero-order chi connectivity index (χ0) is 15.9. The van der Waals surface area contributed by atoms with Gasteiger partial charge in [0.2, 0.25) is 11.0 Å². The molecule has 118 valence electrons. The maximum atomic E-state index is 12.1. The minimum Gasteiger partial charge on any atom is -0.442 e. The molecule has 1 amide bonds. The minimum absolute atomic E-state index is 0.0232. The second kappa shape index (κ2) is 5.49. The average molecular weight is 341 g/mol. The van der Waals surface area contributed by atoms with Gasteiger partial charge in [0.1, 0.15) is 5.76 Å². The summed E-state index contributed by atoms with van der Waals surface area (Å²) in [5.41, 5.74) is 0.669. The number of aromatic nitrogens is 1. The SMILES string of the molecule is CC(=O)Nc1nc(C)c(-c2ccc(S(=O)(=O)NC3CC3)o2)s1. The summed E-state index contributed by atoms with van der Waals surface area (Å²) >= 11 is 1.24. The Labute approximate surface area is 131 Å². The van der Waals surface area contributed by atoms with Gasteiger partial charge in [0, 0.05) is 13.0 Å². The van der Waals surface area contributed by atoms with Crippen molar-refractivity contribution in [2.45, 2.75) is 37.8 Å². The molecule has 1 aliphatic rings. The minimum atomic E-state index is -3.61. The van der Waals surface area contributed by atoms with Crippen LogP contribution < -0.4 is 10.0 Å². The molecule has 2 heterocycles. The lowest BCUT2D eigenvalue weighted by Crippen LogP contribution is -2.25. The second-order valence-corrected chi connectivity index (χ2v) is 7.77. The molecule has 1 saturated carbocycles. The molecule has 0 radical (unpaired) electrons. The first-order chi connectivity index (χ1) is 10.3. The summed E-state index contributed by atoms with van der Waals surface area (Å²) in [5.74, 6) is 0.208. The van der Waals surface area contributed by atoms with Gasteiger partial charge in [-0.3, -0.25) is 4.79 Å². The van der Waals surface area contributed by atoms with Crippen LogP contribution in [-0.2, 0) is 14.8 Å². The third kappa shape index (κ3) is 3.21. The van der Waals surface area contributed by atoms with Crippen molar-refractivity contribution < 1.29 is 17.6 Å². The van der Waals surface area contributed by atoms with Crippen molar-refractivity contribution in [2.75, 3.05) is 5.32 Å². The molecular formula is C13H15N3O4S2. The predicted octanol–water partition coefficient (Wildman–Crippen LogP) is 2.11. The molecule has 3 rings (SSSR count). The quantitative estimate of drug-likeness (QED) is 0.867. The van der Waals surface area contributed by atoms with E-state index in [-0.39, 0.29) is 17.0 Å². The highest BCUT2D eigenvalue weighted by Crippen LogP contribution is 2.35. The molecule has 0 aliphatic heterocycles. The highest BCUT2D eigenvalue weighted by Gasteiger charge is 2.30. The van der Waals surface area contributed by atoms with Crippen LogP contribution in [0.3, 0.4) is 0 Å². The number of amides is 1. The van der Waals surface area contributed by atoms with Gasteiger partial charge in [-0.2, -0.15) is 0 Å². The smallest absolute Gasteiger partial charge is 0.274 e. The molecule has 2 aromatic rings. The normalized spacial score (nSPS) is 15.0. The lowest BCUT2D eigenvalue weighted by molar-refractivity contribution is -0.114. The third-order valence-corrected chi connectivity index (χ3v) is 5.53. The van der Waals surface area contributed by atoms with Crippen molar-refractivity contribution in [3.8, 4) is 10.6 Å². The largest absolute Gasteiger partial charge is 0.442 e. The number of hydrogen-bond donors (Lipinski definition) is 2. The van der Waals surface area contributed by atoms with Crippen LogP contribution in [0.1, 0.15) is 25.5 Å². The standard InChI is InChI=1S/C13H15N3O4S2/c1-7-12(21-13(14-7)15-8(2)17)10-5-6-11(20-10)22(18,19)16-9-3-4-9/h5-6,9,16H,3-4H2,1-2H3,(H,14,15,17). The molecule has 7 nitrogen and oxygen atoms in total. The lowest BCUT2D eigenvalue weighted by atomic mass is 10.3. The van der Waals surface area contributed by atoms with Gasteiger partial charge in [0.15, 0.2) is 5.13 Å². The van der Waals surface area contributed by atoms with Crippen molar-refractivity contribution >= 4 is 32.4 Å². The molecular weight excluding hydrogens is 326 g/mol. The first kappa shape index (κ1) is 15.2. The number of carbonyl (C=O) groups is 1. The molecule has 2 aromatic heterocycles. The average Bonchev–Trinajstić information content (AvgIpc) is 2.94. The monoisotopic (exact) mass is 341 g/mol. The van der Waals surface area contributed by atoms with Crippen LogP contribution in [0.15, 0.2) is 21.6 Å². The zero-order valence-electron chi connectivity index (χ0n) is 12.0. The molecule has 0 atom stereocenters. The van der Waals surface area contributed by atoms with Gasteiger partial charge in [-0.15, -0.1) is 0 Å². The molecule has 0 saturated heterocycles. The number of anilines is 1. The molecule has 0 unspecified atom stereocenters. The predicted molar refractivity (Wildman–Crippen MR) is 82.2 cm³/mol. The summed E-state index contributed by atoms with van der Waals surface area (Å²) in [6.07, 6.45) is 1.72. The first-order valence-corrected chi connectivity index (χ1v) is 9.02. The molecule has 0 bridgehead atoms. The Hall–Kier alpha value is -1.71. The van der Waals surface area contributed by atoms with Crippen molar-refractivity contribution in [3.63, 3.8) is 0 Å². The molecule has 2 N–H and O–H groups in total. The fourth-order valence-corrected chi connectivity index (χ4v) is 4.11. The van der Waals surface area contributed by atoms with E-state index in [1.165, 1.54) is 24.3 Å². The van der Waals surface area contributed by atoms with Crippen LogP contribution in [0.2, 0.25) is 0 Å². The number of rotatable bonds is 5. The van der Waals surface area contributed by atoms with Crippen LogP contribution in [-0.4, -0.2) is 25.4 Å². The maximum Gasteiger partial charge on any atom is 0.274 e. The Morgan fingerprint density at radius 1 is 1.41 bits per heavy atom. The number of thiazole rings is 1. The van der Waals surface area contributed by atoms with E-state index in [0.717, 1.165) is 12.8 Å².